The van der Waals surface area contributed by atoms with Gasteiger partial charge in [-0.3, -0.25) is 0 Å². The molecule has 1 aliphatic carbocycles. The van der Waals surface area contributed by atoms with Crippen LogP contribution in [0.4, 0.5) is 4.39 Å². The van der Waals surface area contributed by atoms with Crippen molar-refractivity contribution in [1.29, 1.82) is 0 Å². The van der Waals surface area contributed by atoms with Gasteiger partial charge in [0.1, 0.15) is 5.82 Å². The molecule has 0 bridgehead atoms. The van der Waals surface area contributed by atoms with Crippen molar-refractivity contribution in [1.82, 2.24) is 5.32 Å². The van der Waals surface area contributed by atoms with Gasteiger partial charge in [0, 0.05) is 12.1 Å². The number of rotatable bonds is 3. The van der Waals surface area contributed by atoms with Crippen molar-refractivity contribution in [3.8, 4) is 0 Å². The number of hydrogen-bond donors (Lipinski definition) is 1. The average Bonchev–Trinajstić information content (AvgIpc) is 2.87. The largest absolute Gasteiger partial charge is 0.307 e. The Kier molecular flexibility index (Phi) is 2.50. The smallest absolute Gasteiger partial charge is 0.142 e. The molecular formula is C11H13ClFN. The lowest BCUT2D eigenvalue weighted by Crippen LogP contribution is -2.26. The molecule has 76 valence electrons. The molecule has 1 aliphatic rings. The van der Waals surface area contributed by atoms with Gasteiger partial charge in [0.05, 0.1) is 5.02 Å². The lowest BCUT2D eigenvalue weighted by molar-refractivity contribution is 0.535. The van der Waals surface area contributed by atoms with E-state index in [0.717, 1.165) is 5.56 Å². The minimum absolute atomic E-state index is 0.186. The highest BCUT2D eigenvalue weighted by Crippen LogP contribution is 2.34. The average molecular weight is 214 g/mol. The molecule has 1 aromatic rings. The second kappa shape index (κ2) is 3.52. The fourth-order valence-corrected chi connectivity index (χ4v) is 1.45. The SMILES string of the molecule is CC1(NCc2ccc(Cl)c(F)c2)CC1. The Morgan fingerprint density at radius 2 is 2.21 bits per heavy atom. The van der Waals surface area contributed by atoms with Gasteiger partial charge < -0.3 is 5.32 Å². The molecule has 0 saturated heterocycles. The quantitative estimate of drug-likeness (QED) is 0.814. The number of benzene rings is 1. The molecule has 3 heteroatoms. The third-order valence-corrected chi connectivity index (χ3v) is 3.01. The molecule has 0 unspecified atom stereocenters. The summed E-state index contributed by atoms with van der Waals surface area (Å²) in [6.07, 6.45) is 2.42. The lowest BCUT2D eigenvalue weighted by Gasteiger charge is -2.11. The molecule has 0 radical (unpaired) electrons. The van der Waals surface area contributed by atoms with Crippen LogP contribution in [0.25, 0.3) is 0 Å². The van der Waals surface area contributed by atoms with E-state index in [9.17, 15) is 4.39 Å². The van der Waals surface area contributed by atoms with E-state index < -0.39 is 0 Å². The molecule has 0 amide bonds. The van der Waals surface area contributed by atoms with Crippen molar-refractivity contribution in [2.24, 2.45) is 0 Å². The fourth-order valence-electron chi connectivity index (χ4n) is 1.33. The zero-order valence-corrected chi connectivity index (χ0v) is 8.87. The van der Waals surface area contributed by atoms with Crippen LogP contribution in [0, 0.1) is 5.82 Å². The molecule has 0 spiro atoms. The fraction of sp³-hybridized carbons (Fsp3) is 0.455. The molecule has 0 heterocycles. The summed E-state index contributed by atoms with van der Waals surface area (Å²) < 4.78 is 13.1. The monoisotopic (exact) mass is 213 g/mol. The van der Waals surface area contributed by atoms with Gasteiger partial charge in [-0.1, -0.05) is 17.7 Å². The van der Waals surface area contributed by atoms with Gasteiger partial charge >= 0.3 is 0 Å². The summed E-state index contributed by atoms with van der Waals surface area (Å²) in [6, 6.07) is 4.94. The van der Waals surface area contributed by atoms with Gasteiger partial charge in [0.25, 0.3) is 0 Å². The Labute approximate surface area is 88.3 Å². The first-order chi connectivity index (χ1) is 6.59. The van der Waals surface area contributed by atoms with Crippen LogP contribution in [0.1, 0.15) is 25.3 Å². The second-order valence-corrected chi connectivity index (χ2v) is 4.57. The Morgan fingerprint density at radius 3 is 2.79 bits per heavy atom. The van der Waals surface area contributed by atoms with Crippen molar-refractivity contribution < 1.29 is 4.39 Å². The van der Waals surface area contributed by atoms with E-state index >= 15 is 0 Å². The van der Waals surface area contributed by atoms with E-state index in [1.807, 2.05) is 6.07 Å². The van der Waals surface area contributed by atoms with Crippen LogP contribution in [0.2, 0.25) is 5.02 Å². The van der Waals surface area contributed by atoms with Gasteiger partial charge in [0.2, 0.25) is 0 Å². The maximum absolute atomic E-state index is 13.1. The van der Waals surface area contributed by atoms with E-state index in [1.165, 1.54) is 18.9 Å². The molecule has 0 aromatic heterocycles. The summed E-state index contributed by atoms with van der Waals surface area (Å²) in [5.41, 5.74) is 1.23. The van der Waals surface area contributed by atoms with Crippen LogP contribution in [0.3, 0.4) is 0 Å². The van der Waals surface area contributed by atoms with E-state index in [1.54, 1.807) is 6.07 Å². The minimum Gasteiger partial charge on any atom is -0.307 e. The van der Waals surface area contributed by atoms with Crippen LogP contribution >= 0.6 is 11.6 Å². The molecule has 1 saturated carbocycles. The molecule has 14 heavy (non-hydrogen) atoms. The van der Waals surface area contributed by atoms with E-state index in [2.05, 4.69) is 12.2 Å². The molecule has 1 N–H and O–H groups in total. The summed E-state index contributed by atoms with van der Waals surface area (Å²) in [6.45, 7) is 2.89. The molecule has 2 rings (SSSR count). The predicted molar refractivity (Wildman–Crippen MR) is 55.9 cm³/mol. The Balaban J connectivity index is 1.99. The Bertz CT molecular complexity index is 347. The minimum atomic E-state index is -0.341. The summed E-state index contributed by atoms with van der Waals surface area (Å²) in [5, 5.41) is 3.57. The lowest BCUT2D eigenvalue weighted by atomic mass is 10.2. The van der Waals surface area contributed by atoms with Crippen molar-refractivity contribution in [3.63, 3.8) is 0 Å². The third-order valence-electron chi connectivity index (χ3n) is 2.70. The van der Waals surface area contributed by atoms with Crippen LogP contribution in [0.15, 0.2) is 18.2 Å². The highest BCUT2D eigenvalue weighted by molar-refractivity contribution is 6.30. The van der Waals surface area contributed by atoms with E-state index in [0.29, 0.717) is 6.54 Å². The zero-order valence-electron chi connectivity index (χ0n) is 8.11. The predicted octanol–water partition coefficient (Wildman–Crippen LogP) is 3.12. The van der Waals surface area contributed by atoms with Crippen molar-refractivity contribution in [2.45, 2.75) is 31.8 Å². The van der Waals surface area contributed by atoms with Crippen molar-refractivity contribution in [3.05, 3.63) is 34.6 Å². The maximum atomic E-state index is 13.1. The summed E-state index contributed by atoms with van der Waals surface area (Å²) in [4.78, 5) is 0. The first kappa shape index (κ1) is 9.94. The zero-order chi connectivity index (χ0) is 10.2. The molecule has 1 nitrogen and oxygen atoms in total. The van der Waals surface area contributed by atoms with Gasteiger partial charge in [-0.2, -0.15) is 0 Å². The maximum Gasteiger partial charge on any atom is 0.142 e. The standard InChI is InChI=1S/C11H13ClFN/c1-11(4-5-11)14-7-8-2-3-9(12)10(13)6-8/h2-3,6,14H,4-5,7H2,1H3. The molecule has 1 fully saturated rings. The molecule has 0 atom stereocenters. The summed E-state index contributed by atoms with van der Waals surface area (Å²) in [5.74, 6) is -0.341. The van der Waals surface area contributed by atoms with Gasteiger partial charge in [-0.15, -0.1) is 0 Å². The van der Waals surface area contributed by atoms with Crippen molar-refractivity contribution in [2.75, 3.05) is 0 Å². The van der Waals surface area contributed by atoms with Gasteiger partial charge in [-0.25, -0.2) is 4.39 Å². The first-order valence-electron chi connectivity index (χ1n) is 4.78. The molecular weight excluding hydrogens is 201 g/mol. The van der Waals surface area contributed by atoms with Crippen LogP contribution in [-0.2, 0) is 6.54 Å². The van der Waals surface area contributed by atoms with Gasteiger partial charge in [-0.05, 0) is 37.5 Å². The topological polar surface area (TPSA) is 12.0 Å². The van der Waals surface area contributed by atoms with Crippen LogP contribution < -0.4 is 5.32 Å². The Hall–Kier alpha value is -0.600. The number of halogens is 2. The highest BCUT2D eigenvalue weighted by atomic mass is 35.5. The third kappa shape index (κ3) is 2.25. The first-order valence-corrected chi connectivity index (χ1v) is 5.16. The van der Waals surface area contributed by atoms with E-state index in [4.69, 9.17) is 11.6 Å². The number of nitrogens with one attached hydrogen (secondary N) is 1. The van der Waals surface area contributed by atoms with Gasteiger partial charge in [0.15, 0.2) is 0 Å². The number of hydrogen-bond acceptors (Lipinski definition) is 1. The van der Waals surface area contributed by atoms with E-state index in [-0.39, 0.29) is 16.4 Å². The molecule has 1 aromatic carbocycles. The van der Waals surface area contributed by atoms with Crippen LogP contribution in [0.5, 0.6) is 0 Å². The molecule has 0 aliphatic heterocycles. The Morgan fingerprint density at radius 1 is 1.50 bits per heavy atom. The van der Waals surface area contributed by atoms with Crippen molar-refractivity contribution >= 4 is 11.6 Å². The second-order valence-electron chi connectivity index (χ2n) is 4.16. The normalized spacial score (nSPS) is 18.2. The van der Waals surface area contributed by atoms with Crippen LogP contribution in [-0.4, -0.2) is 5.54 Å². The summed E-state index contributed by atoms with van der Waals surface area (Å²) >= 11 is 5.59. The summed E-state index contributed by atoms with van der Waals surface area (Å²) in [7, 11) is 0. The highest BCUT2D eigenvalue weighted by Gasteiger charge is 2.36.